The molecule has 0 saturated carbocycles. The van der Waals surface area contributed by atoms with E-state index in [0.29, 0.717) is 6.04 Å². The molecule has 18 heavy (non-hydrogen) atoms. The summed E-state index contributed by atoms with van der Waals surface area (Å²) in [5.41, 5.74) is 1.36. The predicted molar refractivity (Wildman–Crippen MR) is 74.6 cm³/mol. The summed E-state index contributed by atoms with van der Waals surface area (Å²) in [6.07, 6.45) is 1.03. The molecule has 2 aromatic rings. The molecule has 0 saturated heterocycles. The molecular formula is C16H21NO. The average molecular weight is 243 g/mol. The van der Waals surface area contributed by atoms with Crippen LogP contribution in [0.15, 0.2) is 46.9 Å². The zero-order valence-electron chi connectivity index (χ0n) is 11.3. The standard InChI is InChI=1S/C16H21NO/c1-12(11-15-7-5-4-6-8-15)17-14(3)16-10-9-13(2)18-16/h4-10,12,14,17H,11H2,1-3H3. The Hall–Kier alpha value is -1.54. The van der Waals surface area contributed by atoms with Gasteiger partial charge >= 0.3 is 0 Å². The zero-order valence-corrected chi connectivity index (χ0v) is 11.3. The van der Waals surface area contributed by atoms with Crippen molar-refractivity contribution in [1.29, 1.82) is 0 Å². The summed E-state index contributed by atoms with van der Waals surface area (Å²) in [6, 6.07) is 15.3. The van der Waals surface area contributed by atoms with Gasteiger partial charge in [0, 0.05) is 6.04 Å². The summed E-state index contributed by atoms with van der Waals surface area (Å²) in [4.78, 5) is 0. The average Bonchev–Trinajstić information content (AvgIpc) is 2.77. The van der Waals surface area contributed by atoms with E-state index >= 15 is 0 Å². The Kier molecular flexibility index (Phi) is 4.21. The zero-order chi connectivity index (χ0) is 13.0. The van der Waals surface area contributed by atoms with E-state index in [1.807, 2.05) is 19.1 Å². The molecule has 96 valence electrons. The fraction of sp³-hybridized carbons (Fsp3) is 0.375. The maximum atomic E-state index is 5.63. The normalized spacial score (nSPS) is 14.4. The highest BCUT2D eigenvalue weighted by molar-refractivity contribution is 5.16. The molecule has 0 radical (unpaired) electrons. The van der Waals surface area contributed by atoms with Gasteiger partial charge in [-0.1, -0.05) is 30.3 Å². The van der Waals surface area contributed by atoms with E-state index in [0.717, 1.165) is 17.9 Å². The molecule has 2 nitrogen and oxygen atoms in total. The van der Waals surface area contributed by atoms with Crippen LogP contribution in [-0.4, -0.2) is 6.04 Å². The van der Waals surface area contributed by atoms with Crippen molar-refractivity contribution in [1.82, 2.24) is 5.32 Å². The molecule has 2 heteroatoms. The van der Waals surface area contributed by atoms with E-state index in [9.17, 15) is 0 Å². The van der Waals surface area contributed by atoms with Gasteiger partial charge in [-0.3, -0.25) is 0 Å². The van der Waals surface area contributed by atoms with Gasteiger partial charge in [-0.25, -0.2) is 0 Å². The monoisotopic (exact) mass is 243 g/mol. The van der Waals surface area contributed by atoms with E-state index in [2.05, 4.69) is 49.5 Å². The topological polar surface area (TPSA) is 25.2 Å². The molecule has 2 atom stereocenters. The summed E-state index contributed by atoms with van der Waals surface area (Å²) < 4.78 is 5.63. The van der Waals surface area contributed by atoms with Gasteiger partial charge in [-0.15, -0.1) is 0 Å². The fourth-order valence-corrected chi connectivity index (χ4v) is 2.22. The Morgan fingerprint density at radius 3 is 2.39 bits per heavy atom. The van der Waals surface area contributed by atoms with Crippen LogP contribution in [0.1, 0.15) is 37.0 Å². The Morgan fingerprint density at radius 2 is 1.78 bits per heavy atom. The number of hydrogen-bond donors (Lipinski definition) is 1. The number of furan rings is 1. The van der Waals surface area contributed by atoms with E-state index in [-0.39, 0.29) is 6.04 Å². The Morgan fingerprint density at radius 1 is 1.06 bits per heavy atom. The molecule has 0 spiro atoms. The molecule has 1 aromatic carbocycles. The summed E-state index contributed by atoms with van der Waals surface area (Å²) >= 11 is 0. The van der Waals surface area contributed by atoms with Crippen molar-refractivity contribution in [3.8, 4) is 0 Å². The van der Waals surface area contributed by atoms with Gasteiger partial charge < -0.3 is 9.73 Å². The van der Waals surface area contributed by atoms with E-state index in [4.69, 9.17) is 4.42 Å². The van der Waals surface area contributed by atoms with Crippen LogP contribution in [0, 0.1) is 6.92 Å². The third-order valence-electron chi connectivity index (χ3n) is 3.11. The van der Waals surface area contributed by atoms with Gasteiger partial charge in [0.05, 0.1) is 6.04 Å². The molecule has 1 N–H and O–H groups in total. The molecular weight excluding hydrogens is 222 g/mol. The van der Waals surface area contributed by atoms with Gasteiger partial charge in [0.15, 0.2) is 0 Å². The minimum absolute atomic E-state index is 0.248. The van der Waals surface area contributed by atoms with E-state index in [1.165, 1.54) is 5.56 Å². The molecule has 0 fully saturated rings. The first-order valence-electron chi connectivity index (χ1n) is 6.51. The predicted octanol–water partition coefficient (Wildman–Crippen LogP) is 3.87. The maximum absolute atomic E-state index is 5.63. The van der Waals surface area contributed by atoms with Crippen molar-refractivity contribution in [3.63, 3.8) is 0 Å². The van der Waals surface area contributed by atoms with Crippen molar-refractivity contribution >= 4 is 0 Å². The largest absolute Gasteiger partial charge is 0.465 e. The lowest BCUT2D eigenvalue weighted by molar-refractivity contribution is 0.387. The second-order valence-electron chi connectivity index (χ2n) is 4.93. The minimum atomic E-state index is 0.248. The Labute approximate surface area is 109 Å². The highest BCUT2D eigenvalue weighted by Crippen LogP contribution is 2.16. The van der Waals surface area contributed by atoms with Crippen molar-refractivity contribution in [3.05, 3.63) is 59.5 Å². The van der Waals surface area contributed by atoms with Crippen LogP contribution in [0.5, 0.6) is 0 Å². The highest BCUT2D eigenvalue weighted by atomic mass is 16.3. The molecule has 0 aliphatic carbocycles. The number of rotatable bonds is 5. The number of nitrogens with one attached hydrogen (secondary N) is 1. The molecule has 0 bridgehead atoms. The first kappa shape index (κ1) is 12.9. The van der Waals surface area contributed by atoms with Crippen LogP contribution in [0.25, 0.3) is 0 Å². The lowest BCUT2D eigenvalue weighted by Crippen LogP contribution is -2.30. The summed E-state index contributed by atoms with van der Waals surface area (Å²) in [5, 5.41) is 3.56. The molecule has 2 unspecified atom stereocenters. The van der Waals surface area contributed by atoms with Gasteiger partial charge in [0.1, 0.15) is 11.5 Å². The van der Waals surface area contributed by atoms with Gasteiger partial charge in [0.25, 0.3) is 0 Å². The van der Waals surface area contributed by atoms with Crippen molar-refractivity contribution < 1.29 is 4.42 Å². The van der Waals surface area contributed by atoms with Crippen LogP contribution >= 0.6 is 0 Å². The Bertz CT molecular complexity index is 475. The van der Waals surface area contributed by atoms with E-state index in [1.54, 1.807) is 0 Å². The smallest absolute Gasteiger partial charge is 0.120 e. The number of hydrogen-bond acceptors (Lipinski definition) is 2. The van der Waals surface area contributed by atoms with Gasteiger partial charge in [0.2, 0.25) is 0 Å². The second-order valence-corrected chi connectivity index (χ2v) is 4.93. The number of aryl methyl sites for hydroxylation is 1. The molecule has 0 amide bonds. The van der Waals surface area contributed by atoms with Crippen LogP contribution in [0.2, 0.25) is 0 Å². The SMILES string of the molecule is Cc1ccc(C(C)NC(C)Cc2ccccc2)o1. The quantitative estimate of drug-likeness (QED) is 0.862. The third kappa shape index (κ3) is 3.47. The van der Waals surface area contributed by atoms with Gasteiger partial charge in [-0.05, 0) is 44.9 Å². The first-order chi connectivity index (χ1) is 8.65. The van der Waals surface area contributed by atoms with Crippen LogP contribution in [0.4, 0.5) is 0 Å². The molecule has 0 aliphatic heterocycles. The summed E-state index contributed by atoms with van der Waals surface area (Å²) in [6.45, 7) is 6.32. The van der Waals surface area contributed by atoms with Crippen LogP contribution < -0.4 is 5.32 Å². The van der Waals surface area contributed by atoms with Crippen molar-refractivity contribution in [2.24, 2.45) is 0 Å². The Balaban J connectivity index is 1.89. The number of benzene rings is 1. The minimum Gasteiger partial charge on any atom is -0.465 e. The second kappa shape index (κ2) is 5.87. The van der Waals surface area contributed by atoms with Gasteiger partial charge in [-0.2, -0.15) is 0 Å². The fourth-order valence-electron chi connectivity index (χ4n) is 2.22. The lowest BCUT2D eigenvalue weighted by atomic mass is 10.1. The third-order valence-corrected chi connectivity index (χ3v) is 3.11. The molecule has 1 heterocycles. The van der Waals surface area contributed by atoms with Crippen LogP contribution in [0.3, 0.4) is 0 Å². The molecule has 0 aliphatic rings. The molecule has 1 aromatic heterocycles. The lowest BCUT2D eigenvalue weighted by Gasteiger charge is -2.18. The highest BCUT2D eigenvalue weighted by Gasteiger charge is 2.12. The van der Waals surface area contributed by atoms with E-state index < -0.39 is 0 Å². The van der Waals surface area contributed by atoms with Crippen molar-refractivity contribution in [2.75, 3.05) is 0 Å². The summed E-state index contributed by atoms with van der Waals surface area (Å²) in [5.74, 6) is 1.97. The first-order valence-corrected chi connectivity index (χ1v) is 6.51. The summed E-state index contributed by atoms with van der Waals surface area (Å²) in [7, 11) is 0. The van der Waals surface area contributed by atoms with Crippen molar-refractivity contribution in [2.45, 2.75) is 39.3 Å². The maximum Gasteiger partial charge on any atom is 0.120 e. The molecule has 2 rings (SSSR count). The van der Waals surface area contributed by atoms with Crippen LogP contribution in [-0.2, 0) is 6.42 Å².